The highest BCUT2D eigenvalue weighted by molar-refractivity contribution is 6.65. The van der Waals surface area contributed by atoms with E-state index in [0.29, 0.717) is 9.52 Å². The number of hydrogen-bond acceptors (Lipinski definition) is 2. The minimum absolute atomic E-state index is 0.303. The Balaban J connectivity index is 3.34. The molecule has 0 amide bonds. The SMILES string of the molecule is CO[Si](C)(CCCCCC[SiH2]C)OC. The number of rotatable bonds is 9. The lowest BCUT2D eigenvalue weighted by Crippen LogP contribution is -2.35. The van der Waals surface area contributed by atoms with E-state index in [2.05, 4.69) is 13.1 Å². The van der Waals surface area contributed by atoms with E-state index in [9.17, 15) is 0 Å². The van der Waals surface area contributed by atoms with Crippen LogP contribution in [0.3, 0.4) is 0 Å². The Kier molecular flexibility index (Phi) is 8.86. The Labute approximate surface area is 92.5 Å². The maximum absolute atomic E-state index is 5.44. The molecule has 0 bridgehead atoms. The molecule has 0 spiro atoms. The minimum atomic E-state index is -1.76. The molecule has 0 fully saturated rings. The highest BCUT2D eigenvalue weighted by Gasteiger charge is 2.27. The average Bonchev–Trinajstić information content (AvgIpc) is 2.23. The highest BCUT2D eigenvalue weighted by atomic mass is 28.4. The van der Waals surface area contributed by atoms with E-state index in [1.165, 1.54) is 31.7 Å². The largest absolute Gasteiger partial charge is 0.398 e. The van der Waals surface area contributed by atoms with Crippen LogP contribution in [0.4, 0.5) is 0 Å². The third kappa shape index (κ3) is 6.76. The van der Waals surface area contributed by atoms with Crippen LogP contribution >= 0.6 is 0 Å². The van der Waals surface area contributed by atoms with Crippen molar-refractivity contribution in [2.45, 2.75) is 50.9 Å². The fraction of sp³-hybridized carbons (Fsp3) is 1.00. The molecule has 0 rings (SSSR count). The van der Waals surface area contributed by atoms with Crippen LogP contribution in [-0.4, -0.2) is 32.3 Å². The Morgan fingerprint density at radius 2 is 1.57 bits per heavy atom. The van der Waals surface area contributed by atoms with E-state index < -0.39 is 8.56 Å². The van der Waals surface area contributed by atoms with Crippen LogP contribution in [0.15, 0.2) is 0 Å². The maximum atomic E-state index is 5.44. The Morgan fingerprint density at radius 3 is 2.07 bits per heavy atom. The number of unbranched alkanes of at least 4 members (excludes halogenated alkanes) is 3. The topological polar surface area (TPSA) is 18.5 Å². The van der Waals surface area contributed by atoms with Crippen molar-refractivity contribution in [2.75, 3.05) is 14.2 Å². The molecular weight excluding hydrogens is 208 g/mol. The molecule has 0 aromatic heterocycles. The molecule has 0 saturated heterocycles. The summed E-state index contributed by atoms with van der Waals surface area (Å²) >= 11 is 0. The Morgan fingerprint density at radius 1 is 1.00 bits per heavy atom. The normalized spacial score (nSPS) is 12.9. The van der Waals surface area contributed by atoms with E-state index >= 15 is 0 Å². The van der Waals surface area contributed by atoms with Gasteiger partial charge in [-0.2, -0.15) is 0 Å². The average molecular weight is 234 g/mol. The van der Waals surface area contributed by atoms with Crippen molar-refractivity contribution in [2.24, 2.45) is 0 Å². The van der Waals surface area contributed by atoms with E-state index in [0.717, 1.165) is 6.04 Å². The van der Waals surface area contributed by atoms with Gasteiger partial charge in [-0.3, -0.25) is 0 Å². The molecule has 0 saturated carbocycles. The zero-order valence-corrected chi connectivity index (χ0v) is 12.7. The lowest BCUT2D eigenvalue weighted by Gasteiger charge is -2.22. The van der Waals surface area contributed by atoms with Gasteiger partial charge < -0.3 is 8.85 Å². The molecule has 0 aliphatic rings. The van der Waals surface area contributed by atoms with Gasteiger partial charge >= 0.3 is 8.56 Å². The third-order valence-corrected chi connectivity index (χ3v) is 7.04. The molecule has 4 heteroatoms. The molecule has 0 unspecified atom stereocenters. The van der Waals surface area contributed by atoms with Gasteiger partial charge in [0.15, 0.2) is 0 Å². The van der Waals surface area contributed by atoms with Crippen LogP contribution in [0, 0.1) is 0 Å². The zero-order chi connectivity index (χ0) is 10.9. The molecule has 2 nitrogen and oxygen atoms in total. The minimum Gasteiger partial charge on any atom is -0.398 e. The van der Waals surface area contributed by atoms with Crippen LogP contribution in [-0.2, 0) is 8.85 Å². The van der Waals surface area contributed by atoms with Gasteiger partial charge in [0.2, 0.25) is 0 Å². The van der Waals surface area contributed by atoms with Gasteiger partial charge in [-0.05, 0) is 12.6 Å². The molecule has 0 atom stereocenters. The monoisotopic (exact) mass is 234 g/mol. The summed E-state index contributed by atoms with van der Waals surface area (Å²) < 4.78 is 10.9. The second kappa shape index (κ2) is 8.65. The molecule has 0 heterocycles. The first-order valence-electron chi connectivity index (χ1n) is 5.79. The van der Waals surface area contributed by atoms with Crippen LogP contribution in [0.25, 0.3) is 0 Å². The summed E-state index contributed by atoms with van der Waals surface area (Å²) in [5, 5.41) is 0. The van der Waals surface area contributed by atoms with Crippen LogP contribution in [0.1, 0.15) is 25.7 Å². The van der Waals surface area contributed by atoms with Gasteiger partial charge in [0.1, 0.15) is 0 Å². The number of hydrogen-bond donors (Lipinski definition) is 0. The summed E-state index contributed by atoms with van der Waals surface area (Å²) in [7, 11) is 2.10. The van der Waals surface area contributed by atoms with Crippen LogP contribution in [0.2, 0.25) is 25.2 Å². The maximum Gasteiger partial charge on any atom is 0.334 e. The fourth-order valence-corrected chi connectivity index (χ4v) is 3.83. The van der Waals surface area contributed by atoms with Gasteiger partial charge in [-0.25, -0.2) is 0 Å². The zero-order valence-electron chi connectivity index (χ0n) is 10.3. The fourth-order valence-electron chi connectivity index (χ4n) is 1.51. The summed E-state index contributed by atoms with van der Waals surface area (Å²) in [5.41, 5.74) is 0. The Hall–Kier alpha value is 0.354. The first kappa shape index (κ1) is 14.4. The van der Waals surface area contributed by atoms with Gasteiger partial charge in [-0.1, -0.05) is 38.3 Å². The van der Waals surface area contributed by atoms with Gasteiger partial charge in [0.05, 0.1) is 0 Å². The quantitative estimate of drug-likeness (QED) is 0.451. The van der Waals surface area contributed by atoms with E-state index in [-0.39, 0.29) is 0 Å². The summed E-state index contributed by atoms with van der Waals surface area (Å²) in [6.07, 6.45) is 5.47. The summed E-state index contributed by atoms with van der Waals surface area (Å²) in [5.74, 6) is 0. The van der Waals surface area contributed by atoms with E-state index in [1.807, 2.05) is 0 Å². The van der Waals surface area contributed by atoms with Crippen LogP contribution in [0.5, 0.6) is 0 Å². The first-order valence-corrected chi connectivity index (χ1v) is 10.7. The van der Waals surface area contributed by atoms with Crippen molar-refractivity contribution in [3.05, 3.63) is 0 Å². The van der Waals surface area contributed by atoms with Crippen molar-refractivity contribution in [3.8, 4) is 0 Å². The smallest absolute Gasteiger partial charge is 0.334 e. The second-order valence-corrected chi connectivity index (χ2v) is 9.35. The predicted octanol–water partition coefficient (Wildman–Crippen LogP) is 2.55. The van der Waals surface area contributed by atoms with Gasteiger partial charge in [0.25, 0.3) is 0 Å². The van der Waals surface area contributed by atoms with E-state index in [4.69, 9.17) is 8.85 Å². The molecule has 0 N–H and O–H groups in total. The molecule has 86 valence electrons. The van der Waals surface area contributed by atoms with Crippen molar-refractivity contribution >= 4 is 18.1 Å². The predicted molar refractivity (Wildman–Crippen MR) is 68.1 cm³/mol. The van der Waals surface area contributed by atoms with Gasteiger partial charge in [0, 0.05) is 23.7 Å². The molecule has 14 heavy (non-hydrogen) atoms. The lowest BCUT2D eigenvalue weighted by molar-refractivity contribution is 0.248. The van der Waals surface area contributed by atoms with Crippen molar-refractivity contribution in [1.29, 1.82) is 0 Å². The van der Waals surface area contributed by atoms with Crippen LogP contribution < -0.4 is 0 Å². The summed E-state index contributed by atoms with van der Waals surface area (Å²) in [6.45, 7) is 4.53. The second-order valence-electron chi connectivity index (χ2n) is 4.06. The molecule has 0 aromatic rings. The summed E-state index contributed by atoms with van der Waals surface area (Å²) in [4.78, 5) is 0. The molecule has 0 radical (unpaired) electrons. The Bertz CT molecular complexity index is 127. The van der Waals surface area contributed by atoms with Crippen molar-refractivity contribution in [1.82, 2.24) is 0 Å². The third-order valence-electron chi connectivity index (χ3n) is 2.85. The molecular formula is C10H26O2Si2. The lowest BCUT2D eigenvalue weighted by atomic mass is 10.2. The van der Waals surface area contributed by atoms with Gasteiger partial charge in [-0.15, -0.1) is 0 Å². The standard InChI is InChI=1S/C10H26O2Si2/c1-11-14(4,12-2)10-8-6-5-7-9-13-3/h5-10,13H2,1-4H3. The highest BCUT2D eigenvalue weighted by Crippen LogP contribution is 2.16. The summed E-state index contributed by atoms with van der Waals surface area (Å²) in [6, 6.07) is 2.66. The molecule has 0 aliphatic carbocycles. The van der Waals surface area contributed by atoms with Crippen molar-refractivity contribution in [3.63, 3.8) is 0 Å². The molecule has 0 aromatic carbocycles. The van der Waals surface area contributed by atoms with Crippen molar-refractivity contribution < 1.29 is 8.85 Å². The first-order chi connectivity index (χ1) is 6.68. The van der Waals surface area contributed by atoms with E-state index in [1.54, 1.807) is 14.2 Å². The molecule has 0 aliphatic heterocycles.